The highest BCUT2D eigenvalue weighted by Crippen LogP contribution is 2.27. The van der Waals surface area contributed by atoms with E-state index in [0.717, 1.165) is 30.7 Å². The Kier molecular flexibility index (Phi) is 3.82. The van der Waals surface area contributed by atoms with Gasteiger partial charge < -0.3 is 10.2 Å². The Hall–Kier alpha value is -0.610. The van der Waals surface area contributed by atoms with Gasteiger partial charge in [0, 0.05) is 31.1 Å². The number of aromatic nitrogens is 1. The molecular formula is C12H21N3S. The van der Waals surface area contributed by atoms with Gasteiger partial charge in [-0.15, -0.1) is 11.3 Å². The van der Waals surface area contributed by atoms with Gasteiger partial charge in [0.1, 0.15) is 0 Å². The van der Waals surface area contributed by atoms with Crippen LogP contribution in [0.15, 0.2) is 0 Å². The van der Waals surface area contributed by atoms with Gasteiger partial charge in [0.15, 0.2) is 5.13 Å². The van der Waals surface area contributed by atoms with E-state index in [1.807, 2.05) is 11.3 Å². The van der Waals surface area contributed by atoms with E-state index in [9.17, 15) is 0 Å². The van der Waals surface area contributed by atoms with Crippen LogP contribution in [-0.2, 0) is 13.0 Å². The lowest BCUT2D eigenvalue weighted by molar-refractivity contribution is 0.689. The molecular weight excluding hydrogens is 218 g/mol. The fourth-order valence-corrected chi connectivity index (χ4v) is 2.73. The minimum absolute atomic E-state index is 0.777. The summed E-state index contributed by atoms with van der Waals surface area (Å²) in [7, 11) is 2.11. The molecule has 1 aromatic rings. The summed E-state index contributed by atoms with van der Waals surface area (Å²) < 4.78 is 0. The van der Waals surface area contributed by atoms with Crippen molar-refractivity contribution in [3.63, 3.8) is 0 Å². The molecule has 90 valence electrons. The summed E-state index contributed by atoms with van der Waals surface area (Å²) in [4.78, 5) is 8.34. The zero-order chi connectivity index (χ0) is 11.5. The SMILES string of the molecule is CCc1nc(N(C)CC)sc1CNC1CC1. The summed E-state index contributed by atoms with van der Waals surface area (Å²) in [5.41, 5.74) is 1.27. The van der Waals surface area contributed by atoms with Crippen molar-refractivity contribution >= 4 is 16.5 Å². The molecule has 16 heavy (non-hydrogen) atoms. The maximum atomic E-state index is 4.70. The van der Waals surface area contributed by atoms with E-state index in [2.05, 4.69) is 31.1 Å². The number of hydrogen-bond donors (Lipinski definition) is 1. The predicted octanol–water partition coefficient (Wildman–Crippen LogP) is 2.41. The topological polar surface area (TPSA) is 28.2 Å². The van der Waals surface area contributed by atoms with Crippen molar-refractivity contribution in [3.8, 4) is 0 Å². The lowest BCUT2D eigenvalue weighted by Crippen LogP contribution is -2.15. The molecule has 0 radical (unpaired) electrons. The van der Waals surface area contributed by atoms with Crippen molar-refractivity contribution in [2.45, 2.75) is 45.7 Å². The number of anilines is 1. The third-order valence-corrected chi connectivity index (χ3v) is 4.24. The number of thiazole rings is 1. The molecule has 0 unspecified atom stereocenters. The van der Waals surface area contributed by atoms with Crippen LogP contribution >= 0.6 is 11.3 Å². The van der Waals surface area contributed by atoms with Crippen molar-refractivity contribution in [1.82, 2.24) is 10.3 Å². The number of aryl methyl sites for hydroxylation is 1. The van der Waals surface area contributed by atoms with Gasteiger partial charge in [-0.05, 0) is 26.2 Å². The number of hydrogen-bond acceptors (Lipinski definition) is 4. The molecule has 1 heterocycles. The second kappa shape index (κ2) is 5.15. The summed E-state index contributed by atoms with van der Waals surface area (Å²) >= 11 is 1.84. The molecule has 1 saturated carbocycles. The van der Waals surface area contributed by atoms with Crippen LogP contribution in [0, 0.1) is 0 Å². The van der Waals surface area contributed by atoms with E-state index >= 15 is 0 Å². The molecule has 1 fully saturated rings. The fourth-order valence-electron chi connectivity index (χ4n) is 1.61. The van der Waals surface area contributed by atoms with E-state index in [1.165, 1.54) is 23.4 Å². The Balaban J connectivity index is 2.05. The lowest BCUT2D eigenvalue weighted by atomic mass is 10.3. The van der Waals surface area contributed by atoms with Gasteiger partial charge in [0.2, 0.25) is 0 Å². The van der Waals surface area contributed by atoms with Crippen LogP contribution in [0.3, 0.4) is 0 Å². The molecule has 1 aliphatic rings. The normalized spacial score (nSPS) is 15.4. The molecule has 0 atom stereocenters. The summed E-state index contributed by atoms with van der Waals surface area (Å²) in [5.74, 6) is 0. The van der Waals surface area contributed by atoms with Crippen LogP contribution in [0.5, 0.6) is 0 Å². The first kappa shape index (κ1) is 11.9. The van der Waals surface area contributed by atoms with E-state index in [4.69, 9.17) is 4.98 Å². The average Bonchev–Trinajstić information content (AvgIpc) is 3.04. The quantitative estimate of drug-likeness (QED) is 0.826. The maximum Gasteiger partial charge on any atom is 0.185 e. The zero-order valence-corrected chi connectivity index (χ0v) is 11.2. The van der Waals surface area contributed by atoms with Gasteiger partial charge >= 0.3 is 0 Å². The molecule has 1 aromatic heterocycles. The van der Waals surface area contributed by atoms with Crippen molar-refractivity contribution in [2.24, 2.45) is 0 Å². The minimum atomic E-state index is 0.777. The molecule has 0 aromatic carbocycles. The second-order valence-corrected chi connectivity index (χ2v) is 5.45. The summed E-state index contributed by atoms with van der Waals surface area (Å²) in [6.45, 7) is 6.37. The van der Waals surface area contributed by atoms with E-state index < -0.39 is 0 Å². The Morgan fingerprint density at radius 3 is 2.75 bits per heavy atom. The Morgan fingerprint density at radius 2 is 2.19 bits per heavy atom. The van der Waals surface area contributed by atoms with Gasteiger partial charge in [-0.2, -0.15) is 0 Å². The first-order chi connectivity index (χ1) is 7.74. The molecule has 3 nitrogen and oxygen atoms in total. The zero-order valence-electron chi connectivity index (χ0n) is 10.4. The monoisotopic (exact) mass is 239 g/mol. The van der Waals surface area contributed by atoms with Crippen molar-refractivity contribution in [3.05, 3.63) is 10.6 Å². The van der Waals surface area contributed by atoms with Crippen LogP contribution in [0.1, 0.15) is 37.3 Å². The highest BCUT2D eigenvalue weighted by Gasteiger charge is 2.21. The molecule has 1 N–H and O–H groups in total. The van der Waals surface area contributed by atoms with Crippen LogP contribution in [0.2, 0.25) is 0 Å². The molecule has 1 aliphatic carbocycles. The van der Waals surface area contributed by atoms with E-state index in [1.54, 1.807) is 0 Å². The van der Waals surface area contributed by atoms with Gasteiger partial charge in [-0.1, -0.05) is 6.92 Å². The molecule has 4 heteroatoms. The van der Waals surface area contributed by atoms with Gasteiger partial charge in [-0.3, -0.25) is 0 Å². The standard InChI is InChI=1S/C12H21N3S/c1-4-10-11(8-13-9-6-7-9)16-12(14-10)15(3)5-2/h9,13H,4-8H2,1-3H3. The van der Waals surface area contributed by atoms with Gasteiger partial charge in [0.25, 0.3) is 0 Å². The molecule has 0 saturated heterocycles. The molecule has 2 rings (SSSR count). The van der Waals surface area contributed by atoms with Crippen LogP contribution in [0.4, 0.5) is 5.13 Å². The molecule has 0 amide bonds. The minimum Gasteiger partial charge on any atom is -0.351 e. The highest BCUT2D eigenvalue weighted by atomic mass is 32.1. The third kappa shape index (κ3) is 2.74. The number of rotatable bonds is 6. The summed E-state index contributed by atoms with van der Waals surface area (Å²) in [6.07, 6.45) is 3.74. The number of nitrogens with zero attached hydrogens (tertiary/aromatic N) is 2. The maximum absolute atomic E-state index is 4.70. The Bertz CT molecular complexity index is 344. The first-order valence-corrected chi connectivity index (χ1v) is 6.99. The first-order valence-electron chi connectivity index (χ1n) is 6.17. The third-order valence-electron chi connectivity index (χ3n) is 3.03. The largest absolute Gasteiger partial charge is 0.351 e. The van der Waals surface area contributed by atoms with E-state index in [-0.39, 0.29) is 0 Å². The van der Waals surface area contributed by atoms with Crippen molar-refractivity contribution in [1.29, 1.82) is 0 Å². The van der Waals surface area contributed by atoms with Gasteiger partial charge in [0.05, 0.1) is 5.69 Å². The summed E-state index contributed by atoms with van der Waals surface area (Å²) in [6, 6.07) is 0.777. The smallest absolute Gasteiger partial charge is 0.185 e. The van der Waals surface area contributed by atoms with Gasteiger partial charge in [-0.25, -0.2) is 4.98 Å². The molecule has 0 bridgehead atoms. The Morgan fingerprint density at radius 1 is 1.44 bits per heavy atom. The predicted molar refractivity (Wildman–Crippen MR) is 70.3 cm³/mol. The molecule has 0 spiro atoms. The van der Waals surface area contributed by atoms with Crippen LogP contribution in [0.25, 0.3) is 0 Å². The lowest BCUT2D eigenvalue weighted by Gasteiger charge is -2.11. The highest BCUT2D eigenvalue weighted by molar-refractivity contribution is 7.15. The second-order valence-electron chi connectivity index (χ2n) is 4.39. The fraction of sp³-hybridized carbons (Fsp3) is 0.750. The summed E-state index contributed by atoms with van der Waals surface area (Å²) in [5, 5.41) is 4.73. The van der Waals surface area contributed by atoms with E-state index in [0.29, 0.717) is 0 Å². The average molecular weight is 239 g/mol. The molecule has 0 aliphatic heterocycles. The number of nitrogens with one attached hydrogen (secondary N) is 1. The van der Waals surface area contributed by atoms with Crippen molar-refractivity contribution < 1.29 is 0 Å². The van der Waals surface area contributed by atoms with Crippen LogP contribution < -0.4 is 10.2 Å². The van der Waals surface area contributed by atoms with Crippen LogP contribution in [-0.4, -0.2) is 24.6 Å². The van der Waals surface area contributed by atoms with Crippen molar-refractivity contribution in [2.75, 3.05) is 18.5 Å². The Labute approximate surface area is 102 Å².